The maximum Gasteiger partial charge on any atom is 0.271 e. The summed E-state index contributed by atoms with van der Waals surface area (Å²) in [6.45, 7) is 2.66. The molecule has 0 N–H and O–H groups in total. The number of rotatable bonds is 6. The van der Waals surface area contributed by atoms with Gasteiger partial charge in [0.2, 0.25) is 0 Å². The van der Waals surface area contributed by atoms with Crippen LogP contribution in [0.5, 0.6) is 5.75 Å². The van der Waals surface area contributed by atoms with Gasteiger partial charge >= 0.3 is 0 Å². The zero-order valence-corrected chi connectivity index (χ0v) is 21.8. The van der Waals surface area contributed by atoms with Crippen LogP contribution in [-0.4, -0.2) is 17.7 Å². The number of amides is 1. The first kappa shape index (κ1) is 24.4. The molecule has 5 rings (SSSR count). The third-order valence-corrected chi connectivity index (χ3v) is 7.08. The van der Waals surface area contributed by atoms with Gasteiger partial charge in [-0.3, -0.25) is 9.69 Å². The number of carbonyl (C=O) groups is 1. The number of amidine groups is 1. The number of thioether (sulfide) groups is 1. The molecule has 1 aliphatic heterocycles. The molecule has 0 saturated carbocycles. The van der Waals surface area contributed by atoms with Crippen LogP contribution >= 0.6 is 35.0 Å². The third kappa shape index (κ3) is 5.14. The van der Waals surface area contributed by atoms with Crippen molar-refractivity contribution in [2.75, 3.05) is 11.5 Å². The molecule has 4 aromatic carbocycles. The molecule has 1 saturated heterocycles. The highest BCUT2D eigenvalue weighted by Crippen LogP contribution is 2.40. The van der Waals surface area contributed by atoms with E-state index in [1.54, 1.807) is 29.2 Å². The fraction of sp³-hybridized carbons (Fsp3) is 0.103. The minimum atomic E-state index is -0.163. The lowest BCUT2D eigenvalue weighted by atomic mass is 10.0. The number of carbonyl (C=O) groups excluding carboxylic acids is 1. The molecule has 1 aliphatic rings. The van der Waals surface area contributed by atoms with E-state index in [4.69, 9.17) is 32.9 Å². The molecule has 0 bridgehead atoms. The van der Waals surface area contributed by atoms with Crippen molar-refractivity contribution in [2.45, 2.75) is 13.3 Å². The standard InChI is InChI=1S/C29H22Cl2N2O2S/c1-2-17-35-26-16-7-19-5-3-4-6-24(19)25(26)18-27-28(34)33(23-14-10-21(31)11-15-23)29(36-27)32-22-12-8-20(30)9-13-22/h3-16,18H,2,17H2,1H3/b27-18-,32-29?. The first-order valence-electron chi connectivity index (χ1n) is 11.5. The van der Waals surface area contributed by atoms with Crippen LogP contribution in [0.4, 0.5) is 11.4 Å². The minimum Gasteiger partial charge on any atom is -0.493 e. The van der Waals surface area contributed by atoms with E-state index in [-0.39, 0.29) is 5.91 Å². The van der Waals surface area contributed by atoms with E-state index in [1.165, 1.54) is 11.8 Å². The van der Waals surface area contributed by atoms with Gasteiger partial charge in [-0.05, 0) is 89.6 Å². The van der Waals surface area contributed by atoms with Gasteiger partial charge in [0.05, 0.1) is 22.9 Å². The van der Waals surface area contributed by atoms with Crippen LogP contribution in [-0.2, 0) is 4.79 Å². The predicted molar refractivity (Wildman–Crippen MR) is 153 cm³/mol. The quantitative estimate of drug-likeness (QED) is 0.233. The van der Waals surface area contributed by atoms with E-state index in [0.29, 0.717) is 38.1 Å². The summed E-state index contributed by atoms with van der Waals surface area (Å²) < 4.78 is 6.06. The Hall–Kier alpha value is -3.25. The van der Waals surface area contributed by atoms with Crippen molar-refractivity contribution in [3.05, 3.63) is 105 Å². The molecule has 1 fully saturated rings. The topological polar surface area (TPSA) is 41.9 Å². The average Bonchev–Trinajstić information content (AvgIpc) is 3.19. The molecule has 1 heterocycles. The van der Waals surface area contributed by atoms with Crippen molar-refractivity contribution < 1.29 is 9.53 Å². The van der Waals surface area contributed by atoms with E-state index in [0.717, 1.165) is 28.5 Å². The molecule has 0 radical (unpaired) electrons. The number of ether oxygens (including phenoxy) is 1. The van der Waals surface area contributed by atoms with Crippen molar-refractivity contribution in [3.8, 4) is 5.75 Å². The number of halogens is 2. The summed E-state index contributed by atoms with van der Waals surface area (Å²) in [6, 6.07) is 26.5. The Balaban J connectivity index is 1.63. The van der Waals surface area contributed by atoms with Crippen molar-refractivity contribution >= 4 is 74.3 Å². The summed E-state index contributed by atoms with van der Waals surface area (Å²) in [5, 5.41) is 3.87. The predicted octanol–water partition coefficient (Wildman–Crippen LogP) is 8.74. The third-order valence-electron chi connectivity index (χ3n) is 5.61. The van der Waals surface area contributed by atoms with Crippen LogP contribution in [0, 0.1) is 0 Å². The molecular weight excluding hydrogens is 511 g/mol. The number of nitrogens with zero attached hydrogens (tertiary/aromatic N) is 2. The van der Waals surface area contributed by atoms with Gasteiger partial charge < -0.3 is 4.74 Å². The first-order valence-corrected chi connectivity index (χ1v) is 13.1. The molecule has 4 nitrogen and oxygen atoms in total. The summed E-state index contributed by atoms with van der Waals surface area (Å²) in [6.07, 6.45) is 2.80. The largest absolute Gasteiger partial charge is 0.493 e. The van der Waals surface area contributed by atoms with Gasteiger partial charge in [-0.2, -0.15) is 0 Å². The normalized spacial score (nSPS) is 15.9. The molecule has 0 spiro atoms. The number of benzene rings is 4. The maximum absolute atomic E-state index is 13.8. The molecule has 0 atom stereocenters. The lowest BCUT2D eigenvalue weighted by Crippen LogP contribution is -2.28. The summed E-state index contributed by atoms with van der Waals surface area (Å²) >= 11 is 13.5. The fourth-order valence-corrected chi connectivity index (χ4v) is 5.12. The van der Waals surface area contributed by atoms with E-state index >= 15 is 0 Å². The second kappa shape index (κ2) is 10.8. The van der Waals surface area contributed by atoms with Crippen LogP contribution in [0.3, 0.4) is 0 Å². The van der Waals surface area contributed by atoms with Gasteiger partial charge in [-0.1, -0.05) is 60.5 Å². The molecule has 0 aliphatic carbocycles. The molecule has 36 heavy (non-hydrogen) atoms. The molecular formula is C29H22Cl2N2O2S. The summed E-state index contributed by atoms with van der Waals surface area (Å²) in [7, 11) is 0. The molecule has 7 heteroatoms. The average molecular weight is 533 g/mol. The maximum atomic E-state index is 13.8. The van der Waals surface area contributed by atoms with E-state index in [1.807, 2.05) is 60.7 Å². The Morgan fingerprint density at radius 2 is 1.61 bits per heavy atom. The molecule has 1 amide bonds. The van der Waals surface area contributed by atoms with Gasteiger partial charge in [0.1, 0.15) is 5.75 Å². The van der Waals surface area contributed by atoms with Crippen LogP contribution in [0.2, 0.25) is 10.0 Å². The second-order valence-electron chi connectivity index (χ2n) is 8.15. The first-order chi connectivity index (χ1) is 17.5. The summed E-state index contributed by atoms with van der Waals surface area (Å²) in [5.41, 5.74) is 2.27. The lowest BCUT2D eigenvalue weighted by Gasteiger charge is -2.16. The van der Waals surface area contributed by atoms with Gasteiger partial charge in [0.15, 0.2) is 5.17 Å². The van der Waals surface area contributed by atoms with Crippen molar-refractivity contribution in [3.63, 3.8) is 0 Å². The summed E-state index contributed by atoms with van der Waals surface area (Å²) in [5.74, 6) is 0.585. The highest BCUT2D eigenvalue weighted by molar-refractivity contribution is 8.19. The van der Waals surface area contributed by atoms with Gasteiger partial charge in [0, 0.05) is 15.6 Å². The summed E-state index contributed by atoms with van der Waals surface area (Å²) in [4.78, 5) is 20.7. The zero-order chi connectivity index (χ0) is 25.1. The number of fused-ring (bicyclic) bond motifs is 1. The number of hydrogen-bond donors (Lipinski definition) is 0. The van der Waals surface area contributed by atoms with Gasteiger partial charge in [0.25, 0.3) is 5.91 Å². The van der Waals surface area contributed by atoms with Crippen LogP contribution in [0.1, 0.15) is 18.9 Å². The van der Waals surface area contributed by atoms with Crippen molar-refractivity contribution in [1.29, 1.82) is 0 Å². The Morgan fingerprint density at radius 1 is 0.917 bits per heavy atom. The lowest BCUT2D eigenvalue weighted by molar-refractivity contribution is -0.113. The highest BCUT2D eigenvalue weighted by atomic mass is 35.5. The van der Waals surface area contributed by atoms with E-state index in [9.17, 15) is 4.79 Å². The van der Waals surface area contributed by atoms with E-state index in [2.05, 4.69) is 13.0 Å². The number of hydrogen-bond acceptors (Lipinski definition) is 4. The van der Waals surface area contributed by atoms with Crippen LogP contribution in [0.15, 0.2) is 94.8 Å². The molecule has 0 unspecified atom stereocenters. The SMILES string of the molecule is CCCOc1ccc2ccccc2c1/C=C1\SC(=Nc2ccc(Cl)cc2)N(c2ccc(Cl)cc2)C1=O. The highest BCUT2D eigenvalue weighted by Gasteiger charge is 2.35. The smallest absolute Gasteiger partial charge is 0.271 e. The Labute approximate surface area is 224 Å². The Bertz CT molecular complexity index is 1480. The monoisotopic (exact) mass is 532 g/mol. The Morgan fingerprint density at radius 3 is 2.33 bits per heavy atom. The number of aliphatic imine (C=N–C) groups is 1. The fourth-order valence-electron chi connectivity index (χ4n) is 3.89. The number of anilines is 1. The second-order valence-corrected chi connectivity index (χ2v) is 10.0. The van der Waals surface area contributed by atoms with Crippen molar-refractivity contribution in [2.24, 2.45) is 4.99 Å². The van der Waals surface area contributed by atoms with Gasteiger partial charge in [-0.25, -0.2) is 4.99 Å². The van der Waals surface area contributed by atoms with Crippen LogP contribution < -0.4 is 9.64 Å². The van der Waals surface area contributed by atoms with Gasteiger partial charge in [-0.15, -0.1) is 0 Å². The zero-order valence-electron chi connectivity index (χ0n) is 19.4. The molecule has 4 aromatic rings. The Kier molecular flexibility index (Phi) is 7.33. The minimum absolute atomic E-state index is 0.163. The van der Waals surface area contributed by atoms with Crippen molar-refractivity contribution in [1.82, 2.24) is 0 Å². The molecule has 0 aromatic heterocycles. The van der Waals surface area contributed by atoms with Crippen LogP contribution in [0.25, 0.3) is 16.8 Å². The van der Waals surface area contributed by atoms with E-state index < -0.39 is 0 Å². The molecule has 180 valence electrons.